The first-order valence-corrected chi connectivity index (χ1v) is 5.95. The Labute approximate surface area is 96.7 Å². The van der Waals surface area contributed by atoms with E-state index in [-0.39, 0.29) is 5.91 Å². The van der Waals surface area contributed by atoms with Gasteiger partial charge >= 0.3 is 0 Å². The number of H-pyrrole nitrogens is 1. The molecule has 1 amide bonds. The summed E-state index contributed by atoms with van der Waals surface area (Å²) in [7, 11) is 0. The van der Waals surface area contributed by atoms with Crippen LogP contribution in [0, 0.1) is 3.95 Å². The number of anilines is 1. The number of rotatable bonds is 1. The molecule has 15 heavy (non-hydrogen) atoms. The number of carbonyl (C=O) groups excluding carboxylic acids is 1. The second-order valence-electron chi connectivity index (χ2n) is 3.39. The Hall–Kier alpha value is -0.950. The molecule has 82 valence electrons. The highest BCUT2D eigenvalue weighted by molar-refractivity contribution is 7.73. The molecule has 0 radical (unpaired) electrons. The number of aromatic amines is 1. The average molecular weight is 244 g/mol. The number of carbonyl (C=O) groups is 1. The fraction of sp³-hybridized carbons (Fsp3) is 0.625. The van der Waals surface area contributed by atoms with Crippen LogP contribution >= 0.6 is 23.6 Å². The summed E-state index contributed by atoms with van der Waals surface area (Å²) in [6, 6.07) is 0. The van der Waals surface area contributed by atoms with Crippen LogP contribution in [0.15, 0.2) is 0 Å². The van der Waals surface area contributed by atoms with E-state index in [9.17, 15) is 4.79 Å². The zero-order valence-electron chi connectivity index (χ0n) is 8.39. The molecule has 1 fully saturated rings. The molecule has 0 aliphatic carbocycles. The van der Waals surface area contributed by atoms with Crippen LogP contribution < -0.4 is 4.90 Å². The molecule has 0 spiro atoms. The van der Waals surface area contributed by atoms with Crippen molar-refractivity contribution in [2.75, 3.05) is 31.1 Å². The predicted molar refractivity (Wildman–Crippen MR) is 61.8 cm³/mol. The lowest BCUT2D eigenvalue weighted by atomic mass is 10.3. The predicted octanol–water partition coefficient (Wildman–Crippen LogP) is 0.869. The molecular weight excluding hydrogens is 232 g/mol. The van der Waals surface area contributed by atoms with Gasteiger partial charge in [-0.25, -0.2) is 0 Å². The van der Waals surface area contributed by atoms with Gasteiger partial charge in [0, 0.05) is 33.1 Å². The van der Waals surface area contributed by atoms with Crippen molar-refractivity contribution in [3.05, 3.63) is 3.95 Å². The van der Waals surface area contributed by atoms with Gasteiger partial charge in [0.15, 0.2) is 3.95 Å². The van der Waals surface area contributed by atoms with Crippen molar-refractivity contribution in [3.8, 4) is 0 Å². The monoisotopic (exact) mass is 244 g/mol. The number of aromatic nitrogens is 2. The van der Waals surface area contributed by atoms with Crippen molar-refractivity contribution in [2.45, 2.75) is 6.92 Å². The van der Waals surface area contributed by atoms with Crippen molar-refractivity contribution < 1.29 is 4.79 Å². The SMILES string of the molecule is CC(=O)N1CCN(c2n[nH]c(=S)s2)CC1. The van der Waals surface area contributed by atoms with Gasteiger partial charge in [0.2, 0.25) is 11.0 Å². The van der Waals surface area contributed by atoms with Gasteiger partial charge in [-0.05, 0) is 12.2 Å². The Morgan fingerprint density at radius 2 is 2.13 bits per heavy atom. The maximum Gasteiger partial charge on any atom is 0.219 e. The molecule has 0 saturated carbocycles. The van der Waals surface area contributed by atoms with Crippen LogP contribution in [0.2, 0.25) is 0 Å². The largest absolute Gasteiger partial charge is 0.343 e. The van der Waals surface area contributed by atoms with Crippen LogP contribution in [0.3, 0.4) is 0 Å². The van der Waals surface area contributed by atoms with Crippen molar-refractivity contribution in [1.82, 2.24) is 15.1 Å². The number of nitrogens with zero attached hydrogens (tertiary/aromatic N) is 3. The Bertz CT molecular complexity index is 405. The molecule has 0 aromatic carbocycles. The van der Waals surface area contributed by atoms with E-state index in [1.54, 1.807) is 6.92 Å². The van der Waals surface area contributed by atoms with Crippen LogP contribution in [0.25, 0.3) is 0 Å². The highest BCUT2D eigenvalue weighted by Crippen LogP contribution is 2.18. The summed E-state index contributed by atoms with van der Waals surface area (Å²) in [5.41, 5.74) is 0. The van der Waals surface area contributed by atoms with Crippen molar-refractivity contribution >= 4 is 34.6 Å². The smallest absolute Gasteiger partial charge is 0.219 e. The molecular formula is C8H12N4OS2. The summed E-state index contributed by atoms with van der Waals surface area (Å²) in [4.78, 5) is 15.1. The van der Waals surface area contributed by atoms with E-state index in [1.807, 2.05) is 4.90 Å². The standard InChI is InChI=1S/C8H12N4OS2/c1-6(13)11-2-4-12(5-3-11)7-9-10-8(14)15-7/h2-5H2,1H3,(H,10,14). The van der Waals surface area contributed by atoms with Gasteiger partial charge in [0.1, 0.15) is 0 Å². The molecule has 1 N–H and O–H groups in total. The highest BCUT2D eigenvalue weighted by Gasteiger charge is 2.20. The summed E-state index contributed by atoms with van der Waals surface area (Å²) in [5, 5.41) is 7.80. The molecule has 0 atom stereocenters. The first kappa shape index (κ1) is 10.6. The molecule has 5 nitrogen and oxygen atoms in total. The van der Waals surface area contributed by atoms with Crippen molar-refractivity contribution in [2.24, 2.45) is 0 Å². The molecule has 1 aromatic rings. The van der Waals surface area contributed by atoms with E-state index in [0.717, 1.165) is 31.3 Å². The summed E-state index contributed by atoms with van der Waals surface area (Å²) < 4.78 is 0.694. The second kappa shape index (κ2) is 4.28. The van der Waals surface area contributed by atoms with Crippen molar-refractivity contribution in [3.63, 3.8) is 0 Å². The third-order valence-electron chi connectivity index (χ3n) is 2.42. The Balaban J connectivity index is 1.99. The number of hydrogen-bond acceptors (Lipinski definition) is 5. The molecule has 0 unspecified atom stereocenters. The van der Waals surface area contributed by atoms with Gasteiger partial charge < -0.3 is 9.80 Å². The van der Waals surface area contributed by atoms with E-state index >= 15 is 0 Å². The molecule has 1 saturated heterocycles. The second-order valence-corrected chi connectivity index (χ2v) is 5.03. The first-order valence-electron chi connectivity index (χ1n) is 4.73. The fourth-order valence-electron chi connectivity index (χ4n) is 1.57. The lowest BCUT2D eigenvalue weighted by molar-refractivity contribution is -0.129. The maximum atomic E-state index is 11.1. The molecule has 1 aliphatic rings. The zero-order chi connectivity index (χ0) is 10.8. The van der Waals surface area contributed by atoms with E-state index in [2.05, 4.69) is 15.1 Å². The minimum Gasteiger partial charge on any atom is -0.343 e. The molecule has 1 aliphatic heterocycles. The summed E-state index contributed by atoms with van der Waals surface area (Å²) >= 11 is 6.45. The molecule has 0 bridgehead atoms. The Morgan fingerprint density at radius 3 is 2.60 bits per heavy atom. The summed E-state index contributed by atoms with van der Waals surface area (Å²) in [6.45, 7) is 4.79. The van der Waals surface area contributed by atoms with E-state index in [1.165, 1.54) is 11.3 Å². The topological polar surface area (TPSA) is 52.2 Å². The van der Waals surface area contributed by atoms with Gasteiger partial charge in [0.05, 0.1) is 0 Å². The van der Waals surface area contributed by atoms with Crippen LogP contribution in [-0.2, 0) is 4.79 Å². The van der Waals surface area contributed by atoms with Crippen LogP contribution in [0.5, 0.6) is 0 Å². The average Bonchev–Trinajstić information content (AvgIpc) is 2.65. The lowest BCUT2D eigenvalue weighted by Gasteiger charge is -2.33. The minimum absolute atomic E-state index is 0.143. The number of nitrogens with one attached hydrogen (secondary N) is 1. The molecule has 2 rings (SSSR count). The van der Waals surface area contributed by atoms with Gasteiger partial charge in [0.25, 0.3) is 0 Å². The number of hydrogen-bond donors (Lipinski definition) is 1. The maximum absolute atomic E-state index is 11.1. The Morgan fingerprint density at radius 1 is 1.47 bits per heavy atom. The van der Waals surface area contributed by atoms with Crippen molar-refractivity contribution in [1.29, 1.82) is 0 Å². The van der Waals surface area contributed by atoms with Crippen LogP contribution in [0.1, 0.15) is 6.92 Å². The summed E-state index contributed by atoms with van der Waals surface area (Å²) in [5.74, 6) is 0.143. The van der Waals surface area contributed by atoms with Gasteiger partial charge in [-0.1, -0.05) is 11.3 Å². The van der Waals surface area contributed by atoms with E-state index in [4.69, 9.17) is 12.2 Å². The minimum atomic E-state index is 0.143. The quantitative estimate of drug-likeness (QED) is 0.745. The number of amides is 1. The lowest BCUT2D eigenvalue weighted by Crippen LogP contribution is -2.48. The fourth-order valence-corrected chi connectivity index (χ4v) is 2.50. The molecule has 1 aromatic heterocycles. The number of piperazine rings is 1. The third-order valence-corrected chi connectivity index (χ3v) is 3.57. The molecule has 2 heterocycles. The normalized spacial score (nSPS) is 16.9. The van der Waals surface area contributed by atoms with Gasteiger partial charge in [-0.3, -0.25) is 9.89 Å². The Kier molecular flexibility index (Phi) is 3.01. The van der Waals surface area contributed by atoms with Gasteiger partial charge in [-0.2, -0.15) is 0 Å². The highest BCUT2D eigenvalue weighted by atomic mass is 32.1. The van der Waals surface area contributed by atoms with E-state index < -0.39 is 0 Å². The third kappa shape index (κ3) is 2.35. The van der Waals surface area contributed by atoms with E-state index in [0.29, 0.717) is 3.95 Å². The van der Waals surface area contributed by atoms with Gasteiger partial charge in [-0.15, -0.1) is 5.10 Å². The first-order chi connectivity index (χ1) is 7.16. The zero-order valence-corrected chi connectivity index (χ0v) is 10.0. The van der Waals surface area contributed by atoms with Crippen LogP contribution in [0.4, 0.5) is 5.13 Å². The molecule has 7 heteroatoms. The van der Waals surface area contributed by atoms with Crippen LogP contribution in [-0.4, -0.2) is 47.2 Å². The summed E-state index contributed by atoms with van der Waals surface area (Å²) in [6.07, 6.45) is 0.